The van der Waals surface area contributed by atoms with Crippen molar-refractivity contribution in [3.63, 3.8) is 0 Å². The van der Waals surface area contributed by atoms with Crippen LogP contribution in [-0.2, 0) is 12.8 Å². The number of tetrazole rings is 1. The summed E-state index contributed by atoms with van der Waals surface area (Å²) in [5, 5.41) is 13.6. The highest BCUT2D eigenvalue weighted by Crippen LogP contribution is 2.11. The zero-order valence-electron chi connectivity index (χ0n) is 7.44. The van der Waals surface area contributed by atoms with E-state index in [1.54, 1.807) is 0 Å². The van der Waals surface area contributed by atoms with Crippen molar-refractivity contribution in [1.29, 1.82) is 0 Å². The number of nitrogens with zero attached hydrogens (tertiary/aromatic N) is 3. The Morgan fingerprint density at radius 3 is 2.57 bits per heavy atom. The molecule has 1 aromatic carbocycles. The Morgan fingerprint density at radius 2 is 1.93 bits per heavy atom. The zero-order chi connectivity index (χ0) is 9.80. The second-order valence-corrected chi connectivity index (χ2v) is 3.89. The predicted molar refractivity (Wildman–Crippen MR) is 55.7 cm³/mol. The van der Waals surface area contributed by atoms with Gasteiger partial charge in [-0.1, -0.05) is 28.1 Å². The number of H-pyrrole nitrogens is 1. The fourth-order valence-electron chi connectivity index (χ4n) is 1.20. The number of hydrogen-bond acceptors (Lipinski definition) is 3. The van der Waals surface area contributed by atoms with Crippen LogP contribution in [0.1, 0.15) is 11.4 Å². The molecule has 0 radical (unpaired) electrons. The molecule has 0 fully saturated rings. The van der Waals surface area contributed by atoms with Crippen molar-refractivity contribution in [1.82, 2.24) is 20.6 Å². The summed E-state index contributed by atoms with van der Waals surface area (Å²) in [5.41, 5.74) is 1.28. The van der Waals surface area contributed by atoms with E-state index in [-0.39, 0.29) is 0 Å². The van der Waals surface area contributed by atoms with E-state index in [0.29, 0.717) is 0 Å². The fourth-order valence-corrected chi connectivity index (χ4v) is 1.46. The highest BCUT2D eigenvalue weighted by molar-refractivity contribution is 9.10. The molecule has 0 saturated carbocycles. The average Bonchev–Trinajstić information content (AvgIpc) is 2.70. The van der Waals surface area contributed by atoms with Crippen LogP contribution in [0.15, 0.2) is 28.7 Å². The second-order valence-electron chi connectivity index (χ2n) is 2.97. The van der Waals surface area contributed by atoms with Gasteiger partial charge in [-0.15, -0.1) is 5.10 Å². The third-order valence-electron chi connectivity index (χ3n) is 1.95. The molecule has 4 nitrogen and oxygen atoms in total. The van der Waals surface area contributed by atoms with Gasteiger partial charge in [0.15, 0.2) is 0 Å². The number of aryl methyl sites for hydroxylation is 2. The summed E-state index contributed by atoms with van der Waals surface area (Å²) >= 11 is 3.40. The Kier molecular flexibility index (Phi) is 2.88. The minimum Gasteiger partial charge on any atom is -0.243 e. The molecule has 2 aromatic rings. The van der Waals surface area contributed by atoms with Crippen LogP contribution in [0.5, 0.6) is 0 Å². The molecular formula is C9H9BrN4. The van der Waals surface area contributed by atoms with Crippen molar-refractivity contribution >= 4 is 15.9 Å². The van der Waals surface area contributed by atoms with Gasteiger partial charge in [0.1, 0.15) is 5.82 Å². The maximum Gasteiger partial charge on any atom is 0.148 e. The van der Waals surface area contributed by atoms with E-state index < -0.39 is 0 Å². The van der Waals surface area contributed by atoms with Crippen LogP contribution in [0, 0.1) is 0 Å². The largest absolute Gasteiger partial charge is 0.243 e. The maximum atomic E-state index is 3.82. The molecule has 5 heteroatoms. The minimum absolute atomic E-state index is 0.827. The molecule has 0 unspecified atom stereocenters. The van der Waals surface area contributed by atoms with Crippen LogP contribution >= 0.6 is 15.9 Å². The monoisotopic (exact) mass is 252 g/mol. The van der Waals surface area contributed by atoms with E-state index in [2.05, 4.69) is 48.7 Å². The molecule has 1 aromatic heterocycles. The van der Waals surface area contributed by atoms with Crippen molar-refractivity contribution in [3.05, 3.63) is 40.1 Å². The van der Waals surface area contributed by atoms with Gasteiger partial charge in [-0.2, -0.15) is 0 Å². The number of rotatable bonds is 3. The molecule has 0 atom stereocenters. The molecule has 1 N–H and O–H groups in total. The average molecular weight is 253 g/mol. The summed E-state index contributed by atoms with van der Waals surface area (Å²) in [6, 6.07) is 8.25. The summed E-state index contributed by atoms with van der Waals surface area (Å²) in [4.78, 5) is 0. The molecule has 0 bridgehead atoms. The lowest BCUT2D eigenvalue weighted by Crippen LogP contribution is -1.93. The van der Waals surface area contributed by atoms with Gasteiger partial charge in [-0.25, -0.2) is 5.10 Å². The van der Waals surface area contributed by atoms with Gasteiger partial charge in [0.2, 0.25) is 0 Å². The first-order valence-electron chi connectivity index (χ1n) is 4.31. The number of hydrogen-bond donors (Lipinski definition) is 1. The SMILES string of the molecule is Brc1ccc(CCc2nnn[nH]2)cc1. The molecule has 72 valence electrons. The summed E-state index contributed by atoms with van der Waals surface area (Å²) in [7, 11) is 0. The Labute approximate surface area is 89.9 Å². The normalized spacial score (nSPS) is 10.4. The topological polar surface area (TPSA) is 54.5 Å². The van der Waals surface area contributed by atoms with E-state index in [4.69, 9.17) is 0 Å². The fraction of sp³-hybridized carbons (Fsp3) is 0.222. The Balaban J connectivity index is 1.95. The summed E-state index contributed by atoms with van der Waals surface area (Å²) in [5.74, 6) is 0.827. The van der Waals surface area contributed by atoms with E-state index >= 15 is 0 Å². The van der Waals surface area contributed by atoms with E-state index in [0.717, 1.165) is 23.1 Å². The quantitative estimate of drug-likeness (QED) is 0.906. The lowest BCUT2D eigenvalue weighted by Gasteiger charge is -1.98. The number of halogens is 1. The van der Waals surface area contributed by atoms with Gasteiger partial charge in [-0.05, 0) is 34.5 Å². The maximum absolute atomic E-state index is 3.82. The molecule has 2 rings (SSSR count). The number of aromatic amines is 1. The van der Waals surface area contributed by atoms with Gasteiger partial charge >= 0.3 is 0 Å². The van der Waals surface area contributed by atoms with Crippen molar-refractivity contribution in [2.45, 2.75) is 12.8 Å². The highest BCUT2D eigenvalue weighted by atomic mass is 79.9. The molecule has 0 aliphatic rings. The van der Waals surface area contributed by atoms with E-state index in [9.17, 15) is 0 Å². The van der Waals surface area contributed by atoms with Gasteiger partial charge in [0, 0.05) is 10.9 Å². The molecule has 0 saturated heterocycles. The smallest absolute Gasteiger partial charge is 0.148 e. The predicted octanol–water partition coefficient (Wildman–Crippen LogP) is 1.75. The first-order valence-corrected chi connectivity index (χ1v) is 5.11. The first kappa shape index (κ1) is 9.33. The third-order valence-corrected chi connectivity index (χ3v) is 2.48. The minimum atomic E-state index is 0.827. The molecule has 0 aliphatic carbocycles. The molecule has 14 heavy (non-hydrogen) atoms. The van der Waals surface area contributed by atoms with Gasteiger partial charge in [-0.3, -0.25) is 0 Å². The third kappa shape index (κ3) is 2.38. The lowest BCUT2D eigenvalue weighted by atomic mass is 10.1. The van der Waals surface area contributed by atoms with Gasteiger partial charge in [0.05, 0.1) is 0 Å². The number of benzene rings is 1. The highest BCUT2D eigenvalue weighted by Gasteiger charge is 1.98. The van der Waals surface area contributed by atoms with Crippen molar-refractivity contribution < 1.29 is 0 Å². The lowest BCUT2D eigenvalue weighted by molar-refractivity contribution is 0.864. The van der Waals surface area contributed by atoms with Crippen LogP contribution < -0.4 is 0 Å². The summed E-state index contributed by atoms with van der Waals surface area (Å²) in [6.07, 6.45) is 1.79. The second kappa shape index (κ2) is 4.32. The van der Waals surface area contributed by atoms with Crippen molar-refractivity contribution in [2.75, 3.05) is 0 Å². The standard InChI is InChI=1S/C9H9BrN4/c10-8-4-1-7(2-5-8)3-6-9-11-13-14-12-9/h1-2,4-5H,3,6H2,(H,11,12,13,14). The van der Waals surface area contributed by atoms with Crippen LogP contribution in [0.4, 0.5) is 0 Å². The molecule has 0 spiro atoms. The van der Waals surface area contributed by atoms with Crippen LogP contribution in [0.2, 0.25) is 0 Å². The van der Waals surface area contributed by atoms with Gasteiger partial charge < -0.3 is 0 Å². The van der Waals surface area contributed by atoms with Crippen molar-refractivity contribution in [2.24, 2.45) is 0 Å². The molecule has 0 aliphatic heterocycles. The molecule has 1 heterocycles. The number of nitrogens with one attached hydrogen (secondary N) is 1. The van der Waals surface area contributed by atoms with Crippen LogP contribution in [0.3, 0.4) is 0 Å². The van der Waals surface area contributed by atoms with Crippen LogP contribution in [0.25, 0.3) is 0 Å². The van der Waals surface area contributed by atoms with Crippen LogP contribution in [-0.4, -0.2) is 20.6 Å². The Morgan fingerprint density at radius 1 is 1.14 bits per heavy atom. The summed E-state index contributed by atoms with van der Waals surface area (Å²) in [6.45, 7) is 0. The summed E-state index contributed by atoms with van der Waals surface area (Å²) < 4.78 is 1.10. The first-order chi connectivity index (χ1) is 6.84. The van der Waals surface area contributed by atoms with E-state index in [1.165, 1.54) is 5.56 Å². The Hall–Kier alpha value is -1.23. The molecular weight excluding hydrogens is 244 g/mol. The van der Waals surface area contributed by atoms with E-state index in [1.807, 2.05) is 12.1 Å². The van der Waals surface area contributed by atoms with Crippen molar-refractivity contribution in [3.8, 4) is 0 Å². The number of aromatic nitrogens is 4. The Bertz CT molecular complexity index is 382. The zero-order valence-corrected chi connectivity index (χ0v) is 9.03. The molecule has 0 amide bonds. The van der Waals surface area contributed by atoms with Gasteiger partial charge in [0.25, 0.3) is 0 Å².